The lowest BCUT2D eigenvalue weighted by atomic mass is 10.1. The van der Waals surface area contributed by atoms with E-state index in [4.69, 9.17) is 4.74 Å². The van der Waals surface area contributed by atoms with Crippen molar-refractivity contribution in [1.29, 1.82) is 0 Å². The maximum absolute atomic E-state index is 6.05. The standard InChI is InChI=1S/C12H14N2OS/c1-2-11(10-8-14-16-12(10)3-1)15-9-4-6-13-7-5-9/h1-3,8-9,13H,4-7H2. The molecule has 3 nitrogen and oxygen atoms in total. The number of nitrogens with zero attached hydrogens (tertiary/aromatic N) is 1. The van der Waals surface area contributed by atoms with Crippen molar-refractivity contribution in [2.45, 2.75) is 18.9 Å². The minimum absolute atomic E-state index is 0.353. The molecule has 0 bridgehead atoms. The van der Waals surface area contributed by atoms with E-state index in [1.54, 1.807) is 0 Å². The highest BCUT2D eigenvalue weighted by Gasteiger charge is 2.15. The van der Waals surface area contributed by atoms with Crippen molar-refractivity contribution in [3.8, 4) is 5.75 Å². The van der Waals surface area contributed by atoms with E-state index in [2.05, 4.69) is 15.8 Å². The highest BCUT2D eigenvalue weighted by Crippen LogP contribution is 2.29. The van der Waals surface area contributed by atoms with E-state index in [1.807, 2.05) is 18.3 Å². The summed E-state index contributed by atoms with van der Waals surface area (Å²) in [6.45, 7) is 2.12. The Labute approximate surface area is 98.6 Å². The summed E-state index contributed by atoms with van der Waals surface area (Å²) in [5, 5.41) is 4.49. The Morgan fingerprint density at radius 1 is 1.31 bits per heavy atom. The highest BCUT2D eigenvalue weighted by molar-refractivity contribution is 7.13. The number of fused-ring (bicyclic) bond motifs is 1. The lowest BCUT2D eigenvalue weighted by Gasteiger charge is -2.24. The van der Waals surface area contributed by atoms with Gasteiger partial charge in [-0.1, -0.05) is 6.07 Å². The predicted octanol–water partition coefficient (Wildman–Crippen LogP) is 2.43. The van der Waals surface area contributed by atoms with Crippen molar-refractivity contribution in [3.05, 3.63) is 24.4 Å². The largest absolute Gasteiger partial charge is 0.490 e. The first-order chi connectivity index (χ1) is 7.93. The van der Waals surface area contributed by atoms with Gasteiger partial charge in [-0.15, -0.1) is 0 Å². The van der Waals surface area contributed by atoms with Crippen LogP contribution < -0.4 is 10.1 Å². The Morgan fingerprint density at radius 2 is 2.19 bits per heavy atom. The number of hydrogen-bond acceptors (Lipinski definition) is 4. The summed E-state index contributed by atoms with van der Waals surface area (Å²) in [5.74, 6) is 0.984. The number of nitrogens with one attached hydrogen (secondary N) is 1. The molecular weight excluding hydrogens is 220 g/mol. The van der Waals surface area contributed by atoms with Crippen molar-refractivity contribution in [2.75, 3.05) is 13.1 Å². The molecule has 0 saturated carbocycles. The second kappa shape index (κ2) is 4.39. The number of ether oxygens (including phenoxy) is 1. The minimum atomic E-state index is 0.353. The average Bonchev–Trinajstić information content (AvgIpc) is 2.80. The molecule has 1 aromatic carbocycles. The van der Waals surface area contributed by atoms with Crippen LogP contribution in [0.5, 0.6) is 5.75 Å². The summed E-state index contributed by atoms with van der Waals surface area (Å²) in [5.41, 5.74) is 0. The third kappa shape index (κ3) is 1.90. The van der Waals surface area contributed by atoms with Crippen LogP contribution in [0.2, 0.25) is 0 Å². The zero-order chi connectivity index (χ0) is 10.8. The van der Waals surface area contributed by atoms with E-state index in [9.17, 15) is 0 Å². The van der Waals surface area contributed by atoms with Gasteiger partial charge in [0.1, 0.15) is 11.9 Å². The van der Waals surface area contributed by atoms with Crippen LogP contribution in [0.15, 0.2) is 24.4 Å². The minimum Gasteiger partial charge on any atom is -0.490 e. The van der Waals surface area contributed by atoms with Crippen molar-refractivity contribution < 1.29 is 4.74 Å². The number of benzene rings is 1. The molecule has 0 aliphatic carbocycles. The zero-order valence-corrected chi connectivity index (χ0v) is 9.80. The molecule has 0 atom stereocenters. The second-order valence-electron chi connectivity index (χ2n) is 4.06. The van der Waals surface area contributed by atoms with Crippen molar-refractivity contribution in [1.82, 2.24) is 9.69 Å². The van der Waals surface area contributed by atoms with Gasteiger partial charge in [0.2, 0.25) is 0 Å². The molecule has 1 aromatic heterocycles. The third-order valence-corrected chi connectivity index (χ3v) is 3.70. The fraction of sp³-hybridized carbons (Fsp3) is 0.417. The highest BCUT2D eigenvalue weighted by atomic mass is 32.1. The second-order valence-corrected chi connectivity index (χ2v) is 4.89. The van der Waals surface area contributed by atoms with E-state index >= 15 is 0 Å². The van der Waals surface area contributed by atoms with Gasteiger partial charge in [0.15, 0.2) is 0 Å². The van der Waals surface area contributed by atoms with Crippen LogP contribution in [-0.4, -0.2) is 23.6 Å². The van der Waals surface area contributed by atoms with Crippen LogP contribution in [0.3, 0.4) is 0 Å². The molecule has 16 heavy (non-hydrogen) atoms. The van der Waals surface area contributed by atoms with Crippen LogP contribution in [0.25, 0.3) is 10.1 Å². The molecule has 0 spiro atoms. The Bertz CT molecular complexity index is 477. The Kier molecular flexibility index (Phi) is 2.76. The van der Waals surface area contributed by atoms with E-state index in [0.29, 0.717) is 6.10 Å². The van der Waals surface area contributed by atoms with Gasteiger partial charge >= 0.3 is 0 Å². The number of rotatable bonds is 2. The van der Waals surface area contributed by atoms with Crippen molar-refractivity contribution in [3.63, 3.8) is 0 Å². The van der Waals surface area contributed by atoms with Gasteiger partial charge in [0.05, 0.1) is 16.3 Å². The Morgan fingerprint density at radius 3 is 3.06 bits per heavy atom. The molecule has 2 aromatic rings. The summed E-state index contributed by atoms with van der Waals surface area (Å²) >= 11 is 1.52. The lowest BCUT2D eigenvalue weighted by Crippen LogP contribution is -2.34. The molecular formula is C12H14N2OS. The van der Waals surface area contributed by atoms with Crippen molar-refractivity contribution >= 4 is 21.6 Å². The number of aromatic nitrogens is 1. The zero-order valence-electron chi connectivity index (χ0n) is 8.98. The molecule has 0 radical (unpaired) electrons. The van der Waals surface area contributed by atoms with Gasteiger partial charge in [-0.2, -0.15) is 4.37 Å². The molecule has 4 heteroatoms. The third-order valence-electron chi connectivity index (χ3n) is 2.94. The number of piperidine rings is 1. The van der Waals surface area contributed by atoms with E-state index in [1.165, 1.54) is 16.2 Å². The van der Waals surface area contributed by atoms with Crippen LogP contribution >= 0.6 is 11.5 Å². The van der Waals surface area contributed by atoms with Gasteiger partial charge in [0, 0.05) is 0 Å². The SMILES string of the molecule is c1cc(OC2CCNCC2)c2cnsc2c1. The normalized spacial score (nSPS) is 17.8. The molecule has 84 valence electrons. The van der Waals surface area contributed by atoms with Crippen LogP contribution in [0.1, 0.15) is 12.8 Å². The van der Waals surface area contributed by atoms with Crippen LogP contribution in [-0.2, 0) is 0 Å². The summed E-state index contributed by atoms with van der Waals surface area (Å²) in [7, 11) is 0. The molecule has 3 rings (SSSR count). The summed E-state index contributed by atoms with van der Waals surface area (Å²) in [4.78, 5) is 0. The van der Waals surface area contributed by atoms with Crippen molar-refractivity contribution in [2.24, 2.45) is 0 Å². The van der Waals surface area contributed by atoms with Crippen LogP contribution in [0.4, 0.5) is 0 Å². The molecule has 1 fully saturated rings. The summed E-state index contributed by atoms with van der Waals surface area (Å²) in [6.07, 6.45) is 4.44. The smallest absolute Gasteiger partial charge is 0.130 e. The van der Waals surface area contributed by atoms with Gasteiger partial charge in [0.25, 0.3) is 0 Å². The molecule has 1 saturated heterocycles. The first kappa shape index (κ1) is 10.1. The molecule has 2 heterocycles. The maximum Gasteiger partial charge on any atom is 0.130 e. The van der Waals surface area contributed by atoms with Gasteiger partial charge in [-0.25, -0.2) is 0 Å². The monoisotopic (exact) mass is 234 g/mol. The summed E-state index contributed by atoms with van der Waals surface area (Å²) < 4.78 is 11.5. The van der Waals surface area contributed by atoms with E-state index in [-0.39, 0.29) is 0 Å². The predicted molar refractivity (Wildman–Crippen MR) is 66.1 cm³/mol. The first-order valence-electron chi connectivity index (χ1n) is 5.64. The van der Waals surface area contributed by atoms with E-state index < -0.39 is 0 Å². The molecule has 1 aliphatic heterocycles. The topological polar surface area (TPSA) is 34.1 Å². The maximum atomic E-state index is 6.05. The lowest BCUT2D eigenvalue weighted by molar-refractivity contribution is 0.164. The molecule has 0 amide bonds. The Hall–Kier alpha value is -1.13. The number of hydrogen-bond donors (Lipinski definition) is 1. The van der Waals surface area contributed by atoms with Gasteiger partial charge < -0.3 is 10.1 Å². The molecule has 0 unspecified atom stereocenters. The van der Waals surface area contributed by atoms with Gasteiger partial charge in [-0.05, 0) is 49.6 Å². The summed E-state index contributed by atoms with van der Waals surface area (Å²) in [6, 6.07) is 6.16. The molecule has 1 N–H and O–H groups in total. The van der Waals surface area contributed by atoms with Gasteiger partial charge in [-0.3, -0.25) is 0 Å². The van der Waals surface area contributed by atoms with Crippen LogP contribution in [0, 0.1) is 0 Å². The Balaban J connectivity index is 1.85. The average molecular weight is 234 g/mol. The fourth-order valence-electron chi connectivity index (χ4n) is 2.06. The quantitative estimate of drug-likeness (QED) is 0.866. The molecule has 1 aliphatic rings. The first-order valence-corrected chi connectivity index (χ1v) is 6.41. The van der Waals surface area contributed by atoms with E-state index in [0.717, 1.165) is 37.1 Å². The fourth-order valence-corrected chi connectivity index (χ4v) is 2.72.